The van der Waals surface area contributed by atoms with E-state index in [1.165, 1.54) is 32.7 Å². The van der Waals surface area contributed by atoms with Gasteiger partial charge in [0, 0.05) is 18.2 Å². The van der Waals surface area contributed by atoms with Crippen LogP contribution in [0.1, 0.15) is 24.4 Å². The summed E-state index contributed by atoms with van der Waals surface area (Å²) in [5.74, 6) is 2.02. The molecule has 3 heterocycles. The first-order valence-corrected chi connectivity index (χ1v) is 14.0. The minimum absolute atomic E-state index is 0.0993. The van der Waals surface area contributed by atoms with Gasteiger partial charge in [-0.05, 0) is 54.4 Å². The Labute approximate surface area is 245 Å². The van der Waals surface area contributed by atoms with E-state index >= 15 is 0 Å². The number of piperidine rings is 1. The van der Waals surface area contributed by atoms with Crippen LogP contribution in [0.3, 0.4) is 0 Å². The number of fused-ring (bicyclic) bond motifs is 2. The SMILES string of the molecule is COc1ccc2nc(NC(=O)[C@@H]3CCC(=O)N(c4ccc5c(c4)OCO5)[C@H]3c3cc(OC)c(OC)c(OC)c3)sc2c1. The Morgan fingerprint density at radius 2 is 1.71 bits per heavy atom. The lowest BCUT2D eigenvalue weighted by Crippen LogP contribution is -2.47. The summed E-state index contributed by atoms with van der Waals surface area (Å²) in [5, 5.41) is 3.46. The van der Waals surface area contributed by atoms with Gasteiger partial charge in [0.1, 0.15) is 5.75 Å². The molecule has 1 aromatic heterocycles. The summed E-state index contributed by atoms with van der Waals surface area (Å²) in [6.07, 6.45) is 0.496. The van der Waals surface area contributed by atoms with Crippen molar-refractivity contribution in [2.24, 2.45) is 5.92 Å². The van der Waals surface area contributed by atoms with Crippen LogP contribution in [0.15, 0.2) is 48.5 Å². The number of amides is 2. The van der Waals surface area contributed by atoms with E-state index in [0.717, 1.165) is 10.2 Å². The predicted molar refractivity (Wildman–Crippen MR) is 156 cm³/mol. The number of methoxy groups -OCH3 is 4. The smallest absolute Gasteiger partial charge is 0.231 e. The standard InChI is InChI=1S/C30H29N3O8S/c1-36-18-6-8-20-25(14-18)42-30(31-20)32-29(35)19-7-10-26(34)33(17-5-9-21-22(13-17)41-15-40-21)27(19)16-11-23(37-2)28(39-4)24(12-16)38-3/h5-6,8-9,11-14,19,27H,7,10,15H2,1-4H3,(H,31,32,35)/t19-,27+/m1/s1. The molecule has 2 aliphatic heterocycles. The maximum Gasteiger partial charge on any atom is 0.231 e. The molecule has 3 aromatic carbocycles. The van der Waals surface area contributed by atoms with Crippen molar-refractivity contribution in [2.45, 2.75) is 18.9 Å². The van der Waals surface area contributed by atoms with Crippen molar-refractivity contribution in [2.75, 3.05) is 45.4 Å². The molecule has 1 saturated heterocycles. The van der Waals surface area contributed by atoms with Gasteiger partial charge in [-0.15, -0.1) is 0 Å². The fraction of sp³-hybridized carbons (Fsp3) is 0.300. The molecule has 42 heavy (non-hydrogen) atoms. The van der Waals surface area contributed by atoms with Crippen LogP contribution in [-0.4, -0.2) is 52.0 Å². The zero-order valence-electron chi connectivity index (χ0n) is 23.5. The van der Waals surface area contributed by atoms with Crippen molar-refractivity contribution in [1.29, 1.82) is 0 Å². The largest absolute Gasteiger partial charge is 0.497 e. The lowest BCUT2D eigenvalue weighted by Gasteiger charge is -2.41. The highest BCUT2D eigenvalue weighted by Crippen LogP contribution is 2.47. The van der Waals surface area contributed by atoms with Gasteiger partial charge in [-0.3, -0.25) is 9.59 Å². The normalized spacial score (nSPS) is 17.7. The minimum atomic E-state index is -0.713. The van der Waals surface area contributed by atoms with E-state index in [0.29, 0.717) is 57.3 Å². The summed E-state index contributed by atoms with van der Waals surface area (Å²) >= 11 is 1.35. The zero-order chi connectivity index (χ0) is 29.4. The van der Waals surface area contributed by atoms with Gasteiger partial charge < -0.3 is 38.6 Å². The summed E-state index contributed by atoms with van der Waals surface area (Å²) in [6, 6.07) is 13.7. The first kappa shape index (κ1) is 27.5. The second-order valence-electron chi connectivity index (χ2n) is 9.69. The van der Waals surface area contributed by atoms with Crippen LogP contribution in [0.5, 0.6) is 34.5 Å². The van der Waals surface area contributed by atoms with Gasteiger partial charge >= 0.3 is 0 Å². The van der Waals surface area contributed by atoms with Gasteiger partial charge in [0.05, 0.1) is 50.6 Å². The van der Waals surface area contributed by atoms with Crippen LogP contribution in [0.25, 0.3) is 10.2 Å². The number of ether oxygens (including phenoxy) is 6. The molecular formula is C30H29N3O8S. The topological polar surface area (TPSA) is 118 Å². The molecule has 0 bridgehead atoms. The summed E-state index contributed by atoms with van der Waals surface area (Å²) < 4.78 is 34.0. The predicted octanol–water partition coefficient (Wildman–Crippen LogP) is 5.18. The molecular weight excluding hydrogens is 562 g/mol. The van der Waals surface area contributed by atoms with Crippen LogP contribution in [0, 0.1) is 5.92 Å². The Balaban J connectivity index is 1.43. The molecule has 2 aliphatic rings. The fourth-order valence-corrected chi connectivity index (χ4v) is 6.34. The summed E-state index contributed by atoms with van der Waals surface area (Å²) in [7, 11) is 6.17. The highest BCUT2D eigenvalue weighted by atomic mass is 32.1. The monoisotopic (exact) mass is 591 g/mol. The molecule has 4 aromatic rings. The molecule has 1 N–H and O–H groups in total. The van der Waals surface area contributed by atoms with Crippen LogP contribution >= 0.6 is 11.3 Å². The van der Waals surface area contributed by atoms with Crippen LogP contribution in [-0.2, 0) is 9.59 Å². The third kappa shape index (κ3) is 4.87. The maximum absolute atomic E-state index is 14.0. The average molecular weight is 592 g/mol. The minimum Gasteiger partial charge on any atom is -0.497 e. The summed E-state index contributed by atoms with van der Waals surface area (Å²) in [5.41, 5.74) is 1.97. The third-order valence-corrected chi connectivity index (χ3v) is 8.36. The zero-order valence-corrected chi connectivity index (χ0v) is 24.3. The fourth-order valence-electron chi connectivity index (χ4n) is 5.44. The number of thiazole rings is 1. The Bertz CT molecular complexity index is 1650. The number of anilines is 2. The molecule has 11 nitrogen and oxygen atoms in total. The Kier molecular flexibility index (Phi) is 7.38. The summed E-state index contributed by atoms with van der Waals surface area (Å²) in [6.45, 7) is 0.0993. The first-order chi connectivity index (χ1) is 20.4. The van der Waals surface area contributed by atoms with E-state index < -0.39 is 12.0 Å². The number of benzene rings is 3. The van der Waals surface area contributed by atoms with Gasteiger partial charge in [-0.2, -0.15) is 0 Å². The van der Waals surface area contributed by atoms with Crippen molar-refractivity contribution in [3.63, 3.8) is 0 Å². The maximum atomic E-state index is 14.0. The van der Waals surface area contributed by atoms with Gasteiger partial charge in [-0.1, -0.05) is 11.3 Å². The van der Waals surface area contributed by atoms with Gasteiger partial charge in [-0.25, -0.2) is 4.98 Å². The second kappa shape index (κ2) is 11.3. The number of aromatic nitrogens is 1. The highest BCUT2D eigenvalue weighted by Gasteiger charge is 2.43. The Morgan fingerprint density at radius 3 is 2.43 bits per heavy atom. The molecule has 6 rings (SSSR count). The van der Waals surface area contributed by atoms with Crippen molar-refractivity contribution in [3.05, 3.63) is 54.1 Å². The molecule has 218 valence electrons. The number of nitrogens with zero attached hydrogens (tertiary/aromatic N) is 2. The van der Waals surface area contributed by atoms with E-state index in [1.54, 1.807) is 42.3 Å². The lowest BCUT2D eigenvalue weighted by molar-refractivity contribution is -0.125. The van der Waals surface area contributed by atoms with Gasteiger partial charge in [0.15, 0.2) is 28.1 Å². The Hall–Kier alpha value is -4.71. The molecule has 1 fully saturated rings. The molecule has 0 aliphatic carbocycles. The lowest BCUT2D eigenvalue weighted by atomic mass is 9.83. The van der Waals surface area contributed by atoms with Gasteiger partial charge in [0.25, 0.3) is 0 Å². The average Bonchev–Trinajstić information content (AvgIpc) is 3.65. The number of nitrogens with one attached hydrogen (secondary N) is 1. The quantitative estimate of drug-likeness (QED) is 0.296. The van der Waals surface area contributed by atoms with Crippen LogP contribution in [0.4, 0.5) is 10.8 Å². The third-order valence-electron chi connectivity index (χ3n) is 7.42. The number of rotatable bonds is 8. The number of hydrogen-bond donors (Lipinski definition) is 1. The number of carbonyl (C=O) groups is 2. The van der Waals surface area contributed by atoms with E-state index in [2.05, 4.69) is 10.3 Å². The van der Waals surface area contributed by atoms with Gasteiger partial charge in [0.2, 0.25) is 24.4 Å². The van der Waals surface area contributed by atoms with Crippen LogP contribution < -0.4 is 38.6 Å². The molecule has 0 radical (unpaired) electrons. The molecule has 2 atom stereocenters. The molecule has 0 saturated carbocycles. The highest BCUT2D eigenvalue weighted by molar-refractivity contribution is 7.22. The van der Waals surface area contributed by atoms with Crippen molar-refractivity contribution in [3.8, 4) is 34.5 Å². The van der Waals surface area contributed by atoms with Crippen molar-refractivity contribution in [1.82, 2.24) is 4.98 Å². The second-order valence-corrected chi connectivity index (χ2v) is 10.7. The molecule has 2 amide bonds. The van der Waals surface area contributed by atoms with Crippen molar-refractivity contribution >= 4 is 44.2 Å². The first-order valence-electron chi connectivity index (χ1n) is 13.2. The van der Waals surface area contributed by atoms with Crippen LogP contribution in [0.2, 0.25) is 0 Å². The van der Waals surface area contributed by atoms with E-state index in [1.807, 2.05) is 18.2 Å². The van der Waals surface area contributed by atoms with Crippen molar-refractivity contribution < 1.29 is 38.0 Å². The van der Waals surface area contributed by atoms with E-state index in [4.69, 9.17) is 28.4 Å². The molecule has 0 unspecified atom stereocenters. The van der Waals surface area contributed by atoms with E-state index in [-0.39, 0.29) is 25.0 Å². The molecule has 0 spiro atoms. The summed E-state index contributed by atoms with van der Waals surface area (Å²) in [4.78, 5) is 33.9. The van der Waals surface area contributed by atoms with E-state index in [9.17, 15) is 9.59 Å². The Morgan fingerprint density at radius 1 is 0.952 bits per heavy atom. The number of hydrogen-bond acceptors (Lipinski definition) is 10. The number of carbonyl (C=O) groups excluding carboxylic acids is 2. The molecule has 12 heteroatoms.